The summed E-state index contributed by atoms with van der Waals surface area (Å²) in [4.78, 5) is 20.8. The van der Waals surface area contributed by atoms with E-state index in [1.807, 2.05) is 0 Å². The van der Waals surface area contributed by atoms with E-state index in [1.165, 1.54) is 38.4 Å². The molecule has 4 nitrogen and oxygen atoms in total. The van der Waals surface area contributed by atoms with Crippen LogP contribution in [0.25, 0.3) is 0 Å². The number of H-pyrrole nitrogens is 1. The first-order chi connectivity index (χ1) is 8.74. The van der Waals surface area contributed by atoms with Crippen LogP contribution in [-0.2, 0) is 0 Å². The Kier molecular flexibility index (Phi) is 5.24. The lowest BCUT2D eigenvalue weighted by molar-refractivity contribution is 0.416. The Morgan fingerprint density at radius 3 is 2.78 bits per heavy atom. The second-order valence-corrected chi connectivity index (χ2v) is 6.13. The Morgan fingerprint density at radius 2 is 2.11 bits per heavy atom. The Labute approximate surface area is 123 Å². The molecule has 1 N–H and O–H groups in total. The number of nitrogens with zero attached hydrogens (tertiary/aromatic N) is 2. The van der Waals surface area contributed by atoms with Crippen LogP contribution in [0.15, 0.2) is 15.6 Å². The summed E-state index contributed by atoms with van der Waals surface area (Å²) in [7, 11) is 0. The molecule has 0 atom stereocenters. The predicted molar refractivity (Wildman–Crippen MR) is 80.6 cm³/mol. The molecule has 0 saturated heterocycles. The molecule has 18 heavy (non-hydrogen) atoms. The van der Waals surface area contributed by atoms with E-state index < -0.39 is 0 Å². The number of hydrogen-bond acceptors (Lipinski definition) is 3. The van der Waals surface area contributed by atoms with Crippen molar-refractivity contribution in [2.45, 2.75) is 38.1 Å². The molecule has 1 aromatic heterocycles. The molecular weight excluding hydrogens is 362 g/mol. The third-order valence-electron chi connectivity index (χ3n) is 3.39. The maximum atomic E-state index is 11.7. The van der Waals surface area contributed by atoms with Gasteiger partial charge in [-0.2, -0.15) is 0 Å². The highest BCUT2D eigenvalue weighted by molar-refractivity contribution is 9.10. The quantitative estimate of drug-likeness (QED) is 0.819. The number of alkyl halides is 1. The Balaban J connectivity index is 2.28. The van der Waals surface area contributed by atoms with Crippen LogP contribution in [0.2, 0.25) is 0 Å². The molecule has 1 saturated carbocycles. The Hall–Kier alpha value is -0.360. The number of rotatable bonds is 4. The van der Waals surface area contributed by atoms with Crippen molar-refractivity contribution in [1.29, 1.82) is 0 Å². The molecule has 0 amide bonds. The van der Waals surface area contributed by atoms with Crippen molar-refractivity contribution < 1.29 is 0 Å². The minimum absolute atomic E-state index is 0.115. The van der Waals surface area contributed by atoms with Crippen LogP contribution < -0.4 is 10.5 Å². The molecule has 1 aromatic rings. The SMILES string of the molecule is O=c1[nH]cnc(N(CCBr)C2CCCCC2)c1Br. The molecule has 1 fully saturated rings. The largest absolute Gasteiger partial charge is 0.352 e. The van der Waals surface area contributed by atoms with Crippen LogP contribution in [0.4, 0.5) is 5.82 Å². The van der Waals surface area contributed by atoms with Crippen LogP contribution in [0.5, 0.6) is 0 Å². The van der Waals surface area contributed by atoms with E-state index in [4.69, 9.17) is 0 Å². The third-order valence-corrected chi connectivity index (χ3v) is 4.46. The predicted octanol–water partition coefficient (Wildman–Crippen LogP) is 3.07. The zero-order valence-corrected chi connectivity index (χ0v) is 13.3. The minimum Gasteiger partial charge on any atom is -0.352 e. The van der Waals surface area contributed by atoms with Gasteiger partial charge in [-0.15, -0.1) is 0 Å². The second kappa shape index (κ2) is 6.70. The number of aromatic nitrogens is 2. The molecule has 6 heteroatoms. The zero-order chi connectivity index (χ0) is 13.0. The molecule has 0 unspecified atom stereocenters. The van der Waals surface area contributed by atoms with Gasteiger partial charge < -0.3 is 9.88 Å². The van der Waals surface area contributed by atoms with E-state index in [0.29, 0.717) is 10.5 Å². The van der Waals surface area contributed by atoms with Crippen molar-refractivity contribution in [2.24, 2.45) is 0 Å². The fraction of sp³-hybridized carbons (Fsp3) is 0.667. The number of nitrogens with one attached hydrogen (secondary N) is 1. The summed E-state index contributed by atoms with van der Waals surface area (Å²) in [6, 6.07) is 0.502. The third kappa shape index (κ3) is 3.15. The van der Waals surface area contributed by atoms with Crippen molar-refractivity contribution in [3.63, 3.8) is 0 Å². The van der Waals surface area contributed by atoms with Crippen molar-refractivity contribution in [3.05, 3.63) is 21.2 Å². The van der Waals surface area contributed by atoms with Gasteiger partial charge >= 0.3 is 0 Å². The van der Waals surface area contributed by atoms with E-state index in [2.05, 4.69) is 46.7 Å². The Bertz CT molecular complexity index is 443. The fourth-order valence-electron chi connectivity index (χ4n) is 2.52. The van der Waals surface area contributed by atoms with Gasteiger partial charge in [-0.25, -0.2) is 4.98 Å². The summed E-state index contributed by atoms with van der Waals surface area (Å²) >= 11 is 6.84. The Morgan fingerprint density at radius 1 is 1.39 bits per heavy atom. The van der Waals surface area contributed by atoms with Gasteiger partial charge in [0.05, 0.1) is 6.33 Å². The molecular formula is C12H17Br2N3O. The van der Waals surface area contributed by atoms with Gasteiger partial charge in [-0.3, -0.25) is 4.79 Å². The van der Waals surface area contributed by atoms with Crippen molar-refractivity contribution >= 4 is 37.7 Å². The molecule has 2 rings (SSSR count). The first-order valence-electron chi connectivity index (χ1n) is 6.30. The van der Waals surface area contributed by atoms with Crippen LogP contribution in [0, 0.1) is 0 Å². The maximum absolute atomic E-state index is 11.7. The monoisotopic (exact) mass is 377 g/mol. The van der Waals surface area contributed by atoms with Crippen molar-refractivity contribution in [3.8, 4) is 0 Å². The number of aromatic amines is 1. The van der Waals surface area contributed by atoms with Gasteiger partial charge in [0.1, 0.15) is 4.47 Å². The van der Waals surface area contributed by atoms with Gasteiger partial charge in [-0.1, -0.05) is 35.2 Å². The van der Waals surface area contributed by atoms with E-state index >= 15 is 0 Å². The average molecular weight is 379 g/mol. The first kappa shape index (κ1) is 14.1. The van der Waals surface area contributed by atoms with Crippen LogP contribution in [0.3, 0.4) is 0 Å². The summed E-state index contributed by atoms with van der Waals surface area (Å²) in [5.41, 5.74) is -0.115. The maximum Gasteiger partial charge on any atom is 0.267 e. The molecule has 0 radical (unpaired) electrons. The van der Waals surface area contributed by atoms with Crippen LogP contribution in [-0.4, -0.2) is 27.9 Å². The van der Waals surface area contributed by atoms with Gasteiger partial charge in [0.25, 0.3) is 5.56 Å². The van der Waals surface area contributed by atoms with E-state index in [1.54, 1.807) is 0 Å². The lowest BCUT2D eigenvalue weighted by atomic mass is 9.94. The molecule has 0 bridgehead atoms. The van der Waals surface area contributed by atoms with Crippen LogP contribution in [0.1, 0.15) is 32.1 Å². The molecule has 0 aromatic carbocycles. The van der Waals surface area contributed by atoms with E-state index in [0.717, 1.165) is 17.7 Å². The highest BCUT2D eigenvalue weighted by Gasteiger charge is 2.24. The van der Waals surface area contributed by atoms with Gasteiger partial charge in [0.15, 0.2) is 5.82 Å². The molecule has 100 valence electrons. The standard InChI is InChI=1S/C12H17Br2N3O/c13-6-7-17(9-4-2-1-3-5-9)11-10(14)12(18)16-8-15-11/h8-9H,1-7H2,(H,15,16,18). The molecule has 1 aliphatic carbocycles. The van der Waals surface area contributed by atoms with Crippen molar-refractivity contribution in [1.82, 2.24) is 9.97 Å². The number of halogens is 2. The smallest absolute Gasteiger partial charge is 0.267 e. The number of hydrogen-bond donors (Lipinski definition) is 1. The highest BCUT2D eigenvalue weighted by Crippen LogP contribution is 2.28. The first-order valence-corrected chi connectivity index (χ1v) is 8.21. The van der Waals surface area contributed by atoms with Gasteiger partial charge in [-0.05, 0) is 28.8 Å². The zero-order valence-electron chi connectivity index (χ0n) is 10.2. The van der Waals surface area contributed by atoms with Crippen LogP contribution >= 0.6 is 31.9 Å². The molecule has 1 heterocycles. The molecule has 0 spiro atoms. The lowest BCUT2D eigenvalue weighted by Crippen LogP contribution is -2.39. The summed E-state index contributed by atoms with van der Waals surface area (Å²) in [6.07, 6.45) is 7.71. The average Bonchev–Trinajstić information content (AvgIpc) is 2.41. The summed E-state index contributed by atoms with van der Waals surface area (Å²) in [5, 5.41) is 0.879. The van der Waals surface area contributed by atoms with Gasteiger partial charge in [0, 0.05) is 17.9 Å². The van der Waals surface area contributed by atoms with E-state index in [-0.39, 0.29) is 5.56 Å². The summed E-state index contributed by atoms with van der Waals surface area (Å²) in [6.45, 7) is 0.875. The number of anilines is 1. The van der Waals surface area contributed by atoms with Crippen molar-refractivity contribution in [2.75, 3.05) is 16.8 Å². The second-order valence-electron chi connectivity index (χ2n) is 4.54. The normalized spacial score (nSPS) is 16.8. The molecule has 0 aliphatic heterocycles. The summed E-state index contributed by atoms with van der Waals surface area (Å²) < 4.78 is 0.538. The summed E-state index contributed by atoms with van der Waals surface area (Å²) in [5.74, 6) is 0.769. The highest BCUT2D eigenvalue weighted by atomic mass is 79.9. The van der Waals surface area contributed by atoms with Gasteiger partial charge in [0.2, 0.25) is 0 Å². The van der Waals surface area contributed by atoms with E-state index in [9.17, 15) is 4.79 Å². The molecule has 1 aliphatic rings. The minimum atomic E-state index is -0.115. The topological polar surface area (TPSA) is 49.0 Å². The lowest BCUT2D eigenvalue weighted by Gasteiger charge is -2.35. The fourth-order valence-corrected chi connectivity index (χ4v) is 3.35.